The van der Waals surface area contributed by atoms with Crippen LogP contribution in [0.1, 0.15) is 50.8 Å². The Hall–Kier alpha value is -2.61. The zero-order valence-electron chi connectivity index (χ0n) is 20.0. The van der Waals surface area contributed by atoms with E-state index in [4.69, 9.17) is 19.2 Å². The average Bonchev–Trinajstić information content (AvgIpc) is 3.02. The Morgan fingerprint density at radius 3 is 2.24 bits per heavy atom. The van der Waals surface area contributed by atoms with Gasteiger partial charge in [-0.25, -0.2) is 4.79 Å². The van der Waals surface area contributed by atoms with Crippen LogP contribution < -0.4 is 5.32 Å². The summed E-state index contributed by atoms with van der Waals surface area (Å²) in [5, 5.41) is 11.9. The number of aryl methyl sites for hydroxylation is 1. The van der Waals surface area contributed by atoms with Crippen LogP contribution in [0.5, 0.6) is 0 Å². The molecule has 6 nitrogen and oxygen atoms in total. The Bertz CT molecular complexity index is 925. The molecule has 0 saturated carbocycles. The maximum absolute atomic E-state index is 12.3. The van der Waals surface area contributed by atoms with Crippen LogP contribution in [0.3, 0.4) is 0 Å². The van der Waals surface area contributed by atoms with Gasteiger partial charge in [0.25, 0.3) is 0 Å². The van der Waals surface area contributed by atoms with Crippen LogP contribution in [0.15, 0.2) is 60.1 Å². The minimum absolute atomic E-state index is 0.180. The predicted octanol–water partition coefficient (Wildman–Crippen LogP) is 4.55. The monoisotopic (exact) mass is 451 g/mol. The van der Waals surface area contributed by atoms with Crippen molar-refractivity contribution in [1.29, 1.82) is 0 Å². The highest BCUT2D eigenvalue weighted by Crippen LogP contribution is 2.38. The SMILES string of the molecule is CC1(C)OB(C(=Cc2ccc(CCCO)cc2)CNC(=O)OCc2ccccc2)OC1(C)C. The Kier molecular flexibility index (Phi) is 8.35. The van der Waals surface area contributed by atoms with Crippen molar-refractivity contribution in [3.8, 4) is 0 Å². The van der Waals surface area contributed by atoms with Gasteiger partial charge in [0.15, 0.2) is 0 Å². The Morgan fingerprint density at radius 1 is 1.00 bits per heavy atom. The lowest BCUT2D eigenvalue weighted by Crippen LogP contribution is -2.41. The van der Waals surface area contributed by atoms with E-state index in [1.807, 2.05) is 88.4 Å². The third-order valence-corrected chi connectivity index (χ3v) is 6.16. The molecule has 0 aliphatic carbocycles. The first-order valence-electron chi connectivity index (χ1n) is 11.4. The summed E-state index contributed by atoms with van der Waals surface area (Å²) >= 11 is 0. The summed E-state index contributed by atoms with van der Waals surface area (Å²) < 4.78 is 17.8. The molecule has 1 saturated heterocycles. The van der Waals surface area contributed by atoms with Gasteiger partial charge in [-0.1, -0.05) is 60.7 Å². The summed E-state index contributed by atoms with van der Waals surface area (Å²) in [6.07, 6.45) is 3.05. The van der Waals surface area contributed by atoms with Crippen LogP contribution in [-0.2, 0) is 27.1 Å². The number of rotatable bonds is 9. The van der Waals surface area contributed by atoms with Gasteiger partial charge in [0.2, 0.25) is 0 Å². The van der Waals surface area contributed by atoms with E-state index in [2.05, 4.69) is 5.32 Å². The van der Waals surface area contributed by atoms with Crippen LogP contribution in [0.25, 0.3) is 6.08 Å². The number of ether oxygens (including phenoxy) is 1. The van der Waals surface area contributed by atoms with Crippen LogP contribution >= 0.6 is 0 Å². The molecule has 7 heteroatoms. The summed E-state index contributed by atoms with van der Waals surface area (Å²) in [6.45, 7) is 8.63. The highest BCUT2D eigenvalue weighted by Gasteiger charge is 2.52. The number of carbonyl (C=O) groups is 1. The van der Waals surface area contributed by atoms with Crippen molar-refractivity contribution in [2.75, 3.05) is 13.2 Å². The minimum Gasteiger partial charge on any atom is -0.445 e. The molecule has 176 valence electrons. The largest absolute Gasteiger partial charge is 0.492 e. The number of carbonyl (C=O) groups excluding carboxylic acids is 1. The third-order valence-electron chi connectivity index (χ3n) is 6.16. The van der Waals surface area contributed by atoms with E-state index in [1.54, 1.807) is 0 Å². The second-order valence-corrected chi connectivity index (χ2v) is 9.29. The lowest BCUT2D eigenvalue weighted by Gasteiger charge is -2.32. The molecule has 1 aliphatic heterocycles. The first-order valence-corrected chi connectivity index (χ1v) is 11.4. The molecule has 0 bridgehead atoms. The molecule has 0 spiro atoms. The number of hydrogen-bond acceptors (Lipinski definition) is 5. The van der Waals surface area contributed by atoms with Crippen molar-refractivity contribution in [3.63, 3.8) is 0 Å². The molecule has 2 aromatic rings. The number of nitrogens with one attached hydrogen (secondary N) is 1. The van der Waals surface area contributed by atoms with Crippen molar-refractivity contribution >= 4 is 19.3 Å². The quantitative estimate of drug-likeness (QED) is 0.547. The van der Waals surface area contributed by atoms with Gasteiger partial charge in [0.1, 0.15) is 6.61 Å². The third kappa shape index (κ3) is 6.94. The number of hydrogen-bond donors (Lipinski definition) is 2. The topological polar surface area (TPSA) is 77.0 Å². The second-order valence-electron chi connectivity index (χ2n) is 9.29. The van der Waals surface area contributed by atoms with Crippen LogP contribution in [0, 0.1) is 0 Å². The summed E-state index contributed by atoms with van der Waals surface area (Å²) in [7, 11) is -0.585. The highest BCUT2D eigenvalue weighted by atomic mass is 16.7. The molecule has 1 fully saturated rings. The first-order chi connectivity index (χ1) is 15.7. The van der Waals surface area contributed by atoms with Crippen molar-refractivity contribution in [2.45, 2.75) is 58.3 Å². The fourth-order valence-corrected chi connectivity index (χ4v) is 3.42. The smallest absolute Gasteiger partial charge is 0.445 e. The molecule has 0 atom stereocenters. The normalized spacial score (nSPS) is 17.1. The second kappa shape index (κ2) is 11.0. The maximum atomic E-state index is 12.3. The predicted molar refractivity (Wildman–Crippen MR) is 131 cm³/mol. The van der Waals surface area contributed by atoms with Gasteiger partial charge < -0.3 is 24.5 Å². The summed E-state index contributed by atoms with van der Waals surface area (Å²) in [6, 6.07) is 17.7. The number of alkyl carbamates (subject to hydrolysis) is 1. The molecule has 1 heterocycles. The van der Waals surface area contributed by atoms with Crippen molar-refractivity contribution in [3.05, 3.63) is 76.8 Å². The number of aliphatic hydroxyl groups is 1. The lowest BCUT2D eigenvalue weighted by atomic mass is 9.77. The van der Waals surface area contributed by atoms with Gasteiger partial charge in [0.05, 0.1) is 11.2 Å². The molecule has 1 amide bonds. The van der Waals surface area contributed by atoms with Crippen molar-refractivity contribution in [1.82, 2.24) is 5.32 Å². The van der Waals surface area contributed by atoms with E-state index in [9.17, 15) is 4.79 Å². The molecule has 0 aromatic heterocycles. The van der Waals surface area contributed by atoms with Gasteiger partial charge >= 0.3 is 13.2 Å². The Balaban J connectivity index is 1.70. The maximum Gasteiger partial charge on any atom is 0.492 e. The van der Waals surface area contributed by atoms with E-state index in [0.717, 1.165) is 29.4 Å². The van der Waals surface area contributed by atoms with Gasteiger partial charge in [-0.3, -0.25) is 0 Å². The molecule has 3 rings (SSSR count). The van der Waals surface area contributed by atoms with Crippen LogP contribution in [0.4, 0.5) is 4.79 Å². The van der Waals surface area contributed by atoms with E-state index in [1.165, 1.54) is 5.56 Å². The fourth-order valence-electron chi connectivity index (χ4n) is 3.42. The molecular weight excluding hydrogens is 417 g/mol. The minimum atomic E-state index is -0.585. The van der Waals surface area contributed by atoms with Crippen molar-refractivity contribution < 1.29 is 23.9 Å². The zero-order chi connectivity index (χ0) is 23.9. The molecular formula is C26H34BNO5. The molecule has 0 unspecified atom stereocenters. The molecule has 2 aromatic carbocycles. The molecule has 0 radical (unpaired) electrons. The summed E-state index contributed by atoms with van der Waals surface area (Å²) in [5.74, 6) is 0. The van der Waals surface area contributed by atoms with Crippen LogP contribution in [-0.4, -0.2) is 42.7 Å². The number of aliphatic hydroxyl groups excluding tert-OH is 1. The Morgan fingerprint density at radius 2 is 1.64 bits per heavy atom. The first kappa shape index (κ1) is 25.0. The molecule has 1 aliphatic rings. The lowest BCUT2D eigenvalue weighted by molar-refractivity contribution is 0.00578. The van der Waals surface area contributed by atoms with Gasteiger partial charge in [-0.05, 0) is 62.7 Å². The zero-order valence-corrected chi connectivity index (χ0v) is 20.0. The van der Waals surface area contributed by atoms with Gasteiger partial charge in [0, 0.05) is 13.2 Å². The van der Waals surface area contributed by atoms with Crippen molar-refractivity contribution in [2.24, 2.45) is 0 Å². The van der Waals surface area contributed by atoms with E-state index < -0.39 is 24.4 Å². The number of benzene rings is 2. The van der Waals surface area contributed by atoms with E-state index >= 15 is 0 Å². The fraction of sp³-hybridized carbons (Fsp3) is 0.423. The highest BCUT2D eigenvalue weighted by molar-refractivity contribution is 6.56. The molecule has 33 heavy (non-hydrogen) atoms. The van der Waals surface area contributed by atoms with Gasteiger partial charge in [-0.15, -0.1) is 0 Å². The molecule has 2 N–H and O–H groups in total. The number of amides is 1. The van der Waals surface area contributed by atoms with E-state index in [0.29, 0.717) is 0 Å². The Labute approximate surface area is 197 Å². The summed E-state index contributed by atoms with van der Waals surface area (Å²) in [4.78, 5) is 12.3. The standard InChI is InChI=1S/C26H34BNO5/c1-25(2)26(3,4)33-27(32-25)23(17-21-14-12-20(13-15-21)11-8-16-29)18-28-24(30)31-19-22-9-6-5-7-10-22/h5-7,9-10,12-15,17,29H,8,11,16,18-19H2,1-4H3,(H,28,30). The average molecular weight is 451 g/mol. The van der Waals surface area contributed by atoms with Gasteiger partial charge in [-0.2, -0.15) is 0 Å². The summed E-state index contributed by atoms with van der Waals surface area (Å²) in [5.41, 5.74) is 2.90. The van der Waals surface area contributed by atoms with E-state index in [-0.39, 0.29) is 19.8 Å². The van der Waals surface area contributed by atoms with Crippen LogP contribution in [0.2, 0.25) is 0 Å².